The van der Waals surface area contributed by atoms with Gasteiger partial charge in [-0.25, -0.2) is 0 Å². The van der Waals surface area contributed by atoms with Crippen LogP contribution >= 0.6 is 0 Å². The first-order valence-electron chi connectivity index (χ1n) is 6.98. The van der Waals surface area contributed by atoms with Gasteiger partial charge in [-0.1, -0.05) is 6.92 Å². The fraction of sp³-hybridized carbons (Fsp3) is 1.00. The van der Waals surface area contributed by atoms with Crippen molar-refractivity contribution < 1.29 is 8.42 Å². The van der Waals surface area contributed by atoms with Gasteiger partial charge in [0.15, 0.2) is 0 Å². The summed E-state index contributed by atoms with van der Waals surface area (Å²) in [4.78, 5) is 0. The molecule has 2 saturated heterocycles. The molecule has 0 spiro atoms. The van der Waals surface area contributed by atoms with Gasteiger partial charge < -0.3 is 5.32 Å². The maximum absolute atomic E-state index is 12.2. The van der Waals surface area contributed by atoms with Crippen molar-refractivity contribution in [1.29, 1.82) is 0 Å². The van der Waals surface area contributed by atoms with Gasteiger partial charge in [-0.3, -0.25) is 0 Å². The molecule has 2 rings (SSSR count). The van der Waals surface area contributed by atoms with Crippen LogP contribution in [0.4, 0.5) is 0 Å². The lowest BCUT2D eigenvalue weighted by Crippen LogP contribution is -2.53. The average molecular weight is 275 g/mol. The Bertz CT molecular complexity index is 356. The number of rotatable bonds is 3. The minimum absolute atomic E-state index is 0.0468. The van der Waals surface area contributed by atoms with Crippen LogP contribution in [0, 0.1) is 5.92 Å². The number of nitrogens with zero attached hydrogens (tertiary/aromatic N) is 1. The van der Waals surface area contributed by atoms with E-state index in [2.05, 4.69) is 23.9 Å². The molecule has 2 aliphatic rings. The fourth-order valence-corrected chi connectivity index (χ4v) is 4.07. The summed E-state index contributed by atoms with van der Waals surface area (Å²) in [6.07, 6.45) is 3.91. The number of hydrogen-bond acceptors (Lipinski definition) is 3. The topological polar surface area (TPSA) is 61.4 Å². The van der Waals surface area contributed by atoms with E-state index in [1.807, 2.05) is 0 Å². The van der Waals surface area contributed by atoms with E-state index < -0.39 is 10.2 Å². The largest absolute Gasteiger partial charge is 0.313 e. The second kappa shape index (κ2) is 5.86. The van der Waals surface area contributed by atoms with Crippen molar-refractivity contribution >= 4 is 10.2 Å². The molecule has 106 valence electrons. The van der Waals surface area contributed by atoms with Crippen LogP contribution in [0.3, 0.4) is 0 Å². The van der Waals surface area contributed by atoms with Gasteiger partial charge in [0.25, 0.3) is 10.2 Å². The lowest BCUT2D eigenvalue weighted by Gasteiger charge is -2.33. The molecule has 2 heterocycles. The quantitative estimate of drug-likeness (QED) is 0.797. The second-order valence-electron chi connectivity index (χ2n) is 5.79. The van der Waals surface area contributed by atoms with E-state index in [-0.39, 0.29) is 6.04 Å². The standard InChI is InChI=1S/C12H25N3O2S/c1-10-5-7-15(8-6-10)18(16,17)14-12-4-3-11(2)13-9-12/h10-14H,3-9H2,1-2H3. The molecule has 0 aromatic heterocycles. The zero-order valence-electron chi connectivity index (χ0n) is 11.4. The van der Waals surface area contributed by atoms with Crippen LogP contribution in [0.2, 0.25) is 0 Å². The van der Waals surface area contributed by atoms with Gasteiger partial charge >= 0.3 is 0 Å². The predicted molar refractivity (Wildman–Crippen MR) is 72.5 cm³/mol. The zero-order chi connectivity index (χ0) is 13.2. The molecular formula is C12H25N3O2S. The van der Waals surface area contributed by atoms with Gasteiger partial charge in [-0.05, 0) is 38.5 Å². The van der Waals surface area contributed by atoms with E-state index in [1.165, 1.54) is 0 Å². The minimum atomic E-state index is -3.28. The van der Waals surface area contributed by atoms with E-state index in [4.69, 9.17) is 0 Å². The first-order chi connectivity index (χ1) is 8.47. The number of nitrogens with one attached hydrogen (secondary N) is 2. The molecule has 0 radical (unpaired) electrons. The summed E-state index contributed by atoms with van der Waals surface area (Å²) in [7, 11) is -3.28. The van der Waals surface area contributed by atoms with E-state index in [9.17, 15) is 8.42 Å². The normalized spacial score (nSPS) is 32.6. The van der Waals surface area contributed by atoms with Crippen molar-refractivity contribution in [2.45, 2.75) is 51.6 Å². The van der Waals surface area contributed by atoms with Crippen LogP contribution in [0.15, 0.2) is 0 Å². The van der Waals surface area contributed by atoms with Gasteiger partial charge in [0.1, 0.15) is 0 Å². The molecule has 6 heteroatoms. The molecule has 0 aliphatic carbocycles. The lowest BCUT2D eigenvalue weighted by molar-refractivity contribution is 0.279. The summed E-state index contributed by atoms with van der Waals surface area (Å²) in [5.41, 5.74) is 0. The number of piperidine rings is 2. The molecule has 0 aromatic carbocycles. The van der Waals surface area contributed by atoms with Crippen molar-refractivity contribution in [3.8, 4) is 0 Å². The molecule has 2 atom stereocenters. The highest BCUT2D eigenvalue weighted by Crippen LogP contribution is 2.19. The van der Waals surface area contributed by atoms with Crippen LogP contribution in [-0.4, -0.2) is 44.4 Å². The van der Waals surface area contributed by atoms with Crippen LogP contribution < -0.4 is 10.0 Å². The predicted octanol–water partition coefficient (Wildman–Crippen LogP) is 0.693. The molecule has 0 saturated carbocycles. The summed E-state index contributed by atoms with van der Waals surface area (Å²) >= 11 is 0. The summed E-state index contributed by atoms with van der Waals surface area (Å²) in [5, 5.41) is 3.32. The third-order valence-electron chi connectivity index (χ3n) is 4.06. The Labute approximate surface area is 110 Å². The molecule has 2 aliphatic heterocycles. The first-order valence-corrected chi connectivity index (χ1v) is 8.42. The van der Waals surface area contributed by atoms with E-state index in [0.29, 0.717) is 25.0 Å². The molecule has 0 amide bonds. The smallest absolute Gasteiger partial charge is 0.279 e. The van der Waals surface area contributed by atoms with E-state index in [1.54, 1.807) is 4.31 Å². The van der Waals surface area contributed by atoms with Crippen molar-refractivity contribution in [2.24, 2.45) is 5.92 Å². The summed E-state index contributed by atoms with van der Waals surface area (Å²) < 4.78 is 28.9. The molecule has 0 bridgehead atoms. The monoisotopic (exact) mass is 275 g/mol. The average Bonchev–Trinajstić information content (AvgIpc) is 2.32. The van der Waals surface area contributed by atoms with Gasteiger partial charge in [0, 0.05) is 31.7 Å². The first kappa shape index (κ1) is 14.2. The lowest BCUT2D eigenvalue weighted by atomic mass is 10.0. The van der Waals surface area contributed by atoms with Crippen LogP contribution in [0.25, 0.3) is 0 Å². The van der Waals surface area contributed by atoms with Crippen molar-refractivity contribution in [3.05, 3.63) is 0 Å². The third-order valence-corrected chi connectivity index (χ3v) is 5.74. The summed E-state index contributed by atoms with van der Waals surface area (Å²) in [5.74, 6) is 0.647. The van der Waals surface area contributed by atoms with Gasteiger partial charge in [-0.15, -0.1) is 0 Å². The highest BCUT2D eigenvalue weighted by atomic mass is 32.2. The second-order valence-corrected chi connectivity index (χ2v) is 7.49. The molecule has 18 heavy (non-hydrogen) atoms. The molecular weight excluding hydrogens is 250 g/mol. The SMILES string of the molecule is CC1CCN(S(=O)(=O)NC2CCC(C)NC2)CC1. The van der Waals surface area contributed by atoms with E-state index >= 15 is 0 Å². The van der Waals surface area contributed by atoms with E-state index in [0.717, 1.165) is 32.2 Å². The Morgan fingerprint density at radius 1 is 1.11 bits per heavy atom. The third kappa shape index (κ3) is 3.66. The van der Waals surface area contributed by atoms with Gasteiger partial charge in [0.2, 0.25) is 0 Å². The maximum Gasteiger partial charge on any atom is 0.279 e. The van der Waals surface area contributed by atoms with Gasteiger partial charge in [-0.2, -0.15) is 17.4 Å². The molecule has 2 unspecified atom stereocenters. The van der Waals surface area contributed by atoms with Gasteiger partial charge in [0.05, 0.1) is 0 Å². The Hall–Kier alpha value is -0.170. The van der Waals surface area contributed by atoms with Crippen molar-refractivity contribution in [3.63, 3.8) is 0 Å². The van der Waals surface area contributed by atoms with Crippen LogP contribution in [-0.2, 0) is 10.2 Å². The molecule has 2 N–H and O–H groups in total. The fourth-order valence-electron chi connectivity index (χ4n) is 2.61. The van der Waals surface area contributed by atoms with Crippen LogP contribution in [0.5, 0.6) is 0 Å². The Balaban J connectivity index is 1.87. The minimum Gasteiger partial charge on any atom is -0.313 e. The Morgan fingerprint density at radius 3 is 2.33 bits per heavy atom. The van der Waals surface area contributed by atoms with Crippen molar-refractivity contribution in [2.75, 3.05) is 19.6 Å². The highest BCUT2D eigenvalue weighted by molar-refractivity contribution is 7.87. The highest BCUT2D eigenvalue weighted by Gasteiger charge is 2.29. The molecule has 0 aromatic rings. The summed E-state index contributed by atoms with van der Waals surface area (Å²) in [6.45, 7) is 6.38. The summed E-state index contributed by atoms with van der Waals surface area (Å²) in [6, 6.07) is 0.548. The Morgan fingerprint density at radius 2 is 1.78 bits per heavy atom. The number of hydrogen-bond donors (Lipinski definition) is 2. The van der Waals surface area contributed by atoms with Crippen molar-refractivity contribution in [1.82, 2.24) is 14.3 Å². The van der Waals surface area contributed by atoms with Crippen LogP contribution in [0.1, 0.15) is 39.5 Å². The maximum atomic E-state index is 12.2. The molecule has 5 nitrogen and oxygen atoms in total. The Kier molecular flexibility index (Phi) is 4.64. The zero-order valence-corrected chi connectivity index (χ0v) is 12.2. The molecule has 2 fully saturated rings.